The van der Waals surface area contributed by atoms with Gasteiger partial charge in [0.25, 0.3) is 5.88 Å². The van der Waals surface area contributed by atoms with Gasteiger partial charge in [-0.25, -0.2) is 0 Å². The van der Waals surface area contributed by atoms with Gasteiger partial charge in [-0.15, -0.1) is 4.98 Å². The molecule has 1 aromatic rings. The van der Waals surface area contributed by atoms with Gasteiger partial charge in [0.2, 0.25) is 0 Å². The number of hydrogen-bond donors (Lipinski definition) is 1. The molecule has 8 nitrogen and oxygen atoms in total. The molecule has 0 saturated heterocycles. The minimum absolute atomic E-state index is 0.0800. The van der Waals surface area contributed by atoms with E-state index in [9.17, 15) is 10.1 Å². The Morgan fingerprint density at radius 3 is 2.43 bits per heavy atom. The van der Waals surface area contributed by atoms with Gasteiger partial charge in [0, 0.05) is 4.98 Å². The quantitative estimate of drug-likeness (QED) is 0.538. The van der Waals surface area contributed by atoms with Crippen molar-refractivity contribution in [2.24, 2.45) is 0 Å². The van der Waals surface area contributed by atoms with Crippen molar-refractivity contribution in [1.29, 1.82) is 0 Å². The van der Waals surface area contributed by atoms with Gasteiger partial charge in [0.1, 0.15) is 0 Å². The SMILES string of the molecule is COc1nc(OC)c(N)c([N+](=O)[O-])n1. The molecule has 1 aromatic heterocycles. The first kappa shape index (κ1) is 9.96. The monoisotopic (exact) mass is 200 g/mol. The molecule has 0 aliphatic carbocycles. The Hall–Kier alpha value is -2.12. The van der Waals surface area contributed by atoms with Gasteiger partial charge in [0.05, 0.1) is 14.2 Å². The van der Waals surface area contributed by atoms with Crippen molar-refractivity contribution in [3.05, 3.63) is 10.1 Å². The van der Waals surface area contributed by atoms with Crippen molar-refractivity contribution in [2.45, 2.75) is 0 Å². The number of anilines is 1. The predicted octanol–water partition coefficient (Wildman–Crippen LogP) is -0.0158. The van der Waals surface area contributed by atoms with E-state index in [1.165, 1.54) is 14.2 Å². The highest BCUT2D eigenvalue weighted by Gasteiger charge is 2.23. The number of hydrogen-bond acceptors (Lipinski definition) is 7. The second-order valence-electron chi connectivity index (χ2n) is 2.21. The molecule has 1 rings (SSSR count). The van der Waals surface area contributed by atoms with Gasteiger partial charge in [-0.3, -0.25) is 0 Å². The predicted molar refractivity (Wildman–Crippen MR) is 46.2 cm³/mol. The van der Waals surface area contributed by atoms with Crippen LogP contribution in [0.1, 0.15) is 0 Å². The first-order valence-electron chi connectivity index (χ1n) is 3.50. The smallest absolute Gasteiger partial charge is 0.437 e. The van der Waals surface area contributed by atoms with Crippen LogP contribution in [0.2, 0.25) is 0 Å². The summed E-state index contributed by atoms with van der Waals surface area (Å²) in [6, 6.07) is -0.164. The van der Waals surface area contributed by atoms with Crippen LogP contribution in [0.15, 0.2) is 0 Å². The van der Waals surface area contributed by atoms with Crippen LogP contribution in [0, 0.1) is 10.1 Å². The number of nitrogens with two attached hydrogens (primary N) is 1. The number of nitro groups is 1. The summed E-state index contributed by atoms with van der Waals surface area (Å²) < 4.78 is 9.36. The molecule has 0 bridgehead atoms. The maximum Gasteiger partial charge on any atom is 0.437 e. The van der Waals surface area contributed by atoms with Gasteiger partial charge in [-0.05, 0) is 4.92 Å². The van der Waals surface area contributed by atoms with E-state index < -0.39 is 10.7 Å². The summed E-state index contributed by atoms with van der Waals surface area (Å²) in [5.41, 5.74) is 5.15. The van der Waals surface area contributed by atoms with Gasteiger partial charge in [-0.1, -0.05) is 0 Å². The summed E-state index contributed by atoms with van der Waals surface area (Å²) in [6.07, 6.45) is 0. The summed E-state index contributed by atoms with van der Waals surface area (Å²) in [4.78, 5) is 16.9. The fourth-order valence-corrected chi connectivity index (χ4v) is 0.805. The first-order valence-corrected chi connectivity index (χ1v) is 3.50. The number of nitrogens with zero attached hydrogens (tertiary/aromatic N) is 3. The minimum Gasteiger partial charge on any atom is -0.479 e. The lowest BCUT2D eigenvalue weighted by atomic mass is 10.5. The number of methoxy groups -OCH3 is 2. The molecule has 0 spiro atoms. The standard InChI is InChI=1S/C6H8N4O4/c1-13-5-3(7)4(10(11)12)8-6(9-5)14-2/h7H2,1-2H3. The average molecular weight is 200 g/mol. The zero-order chi connectivity index (χ0) is 10.7. The number of rotatable bonds is 3. The number of ether oxygens (including phenoxy) is 2. The molecule has 0 unspecified atom stereocenters. The Labute approximate surface area is 78.8 Å². The number of nitrogen functional groups attached to an aromatic ring is 1. The molecule has 1 heterocycles. The van der Waals surface area contributed by atoms with Crippen molar-refractivity contribution in [3.8, 4) is 11.9 Å². The van der Waals surface area contributed by atoms with E-state index in [2.05, 4.69) is 14.7 Å². The van der Waals surface area contributed by atoms with Crippen molar-refractivity contribution in [2.75, 3.05) is 20.0 Å². The van der Waals surface area contributed by atoms with Gasteiger partial charge in [0.15, 0.2) is 5.69 Å². The average Bonchev–Trinajstić information content (AvgIpc) is 2.17. The van der Waals surface area contributed by atoms with Crippen molar-refractivity contribution in [1.82, 2.24) is 9.97 Å². The first-order chi connectivity index (χ1) is 6.60. The zero-order valence-corrected chi connectivity index (χ0v) is 7.55. The molecule has 0 fully saturated rings. The molecule has 14 heavy (non-hydrogen) atoms. The van der Waals surface area contributed by atoms with E-state index in [-0.39, 0.29) is 17.6 Å². The lowest BCUT2D eigenvalue weighted by Crippen LogP contribution is -2.05. The molecule has 0 saturated carbocycles. The Bertz CT molecular complexity index is 367. The fourth-order valence-electron chi connectivity index (χ4n) is 0.805. The van der Waals surface area contributed by atoms with Gasteiger partial charge in [-0.2, -0.15) is 0 Å². The maximum atomic E-state index is 10.5. The molecule has 0 aliphatic rings. The van der Waals surface area contributed by atoms with Gasteiger partial charge < -0.3 is 25.3 Å². The lowest BCUT2D eigenvalue weighted by molar-refractivity contribution is -0.388. The topological polar surface area (TPSA) is 113 Å². The van der Waals surface area contributed by atoms with Crippen LogP contribution in [-0.2, 0) is 0 Å². The second kappa shape index (κ2) is 3.73. The minimum atomic E-state index is -0.734. The van der Waals surface area contributed by atoms with Crippen molar-refractivity contribution < 1.29 is 14.4 Å². The fraction of sp³-hybridized carbons (Fsp3) is 0.333. The third-order valence-electron chi connectivity index (χ3n) is 1.42. The van der Waals surface area contributed by atoms with Crippen LogP contribution in [0.4, 0.5) is 11.5 Å². The van der Waals surface area contributed by atoms with E-state index in [0.717, 1.165) is 0 Å². The molecule has 2 N–H and O–H groups in total. The molecule has 0 amide bonds. The maximum absolute atomic E-state index is 10.5. The Balaban J connectivity index is 3.34. The highest BCUT2D eigenvalue weighted by atomic mass is 16.6. The van der Waals surface area contributed by atoms with Crippen LogP contribution < -0.4 is 15.2 Å². The summed E-state index contributed by atoms with van der Waals surface area (Å²) >= 11 is 0. The highest BCUT2D eigenvalue weighted by molar-refractivity contribution is 5.60. The van der Waals surface area contributed by atoms with E-state index >= 15 is 0 Å². The highest BCUT2D eigenvalue weighted by Crippen LogP contribution is 2.29. The molecule has 0 radical (unpaired) electrons. The van der Waals surface area contributed by atoms with E-state index in [1.54, 1.807) is 0 Å². The van der Waals surface area contributed by atoms with Gasteiger partial charge >= 0.3 is 11.8 Å². The zero-order valence-electron chi connectivity index (χ0n) is 7.55. The van der Waals surface area contributed by atoms with Crippen molar-refractivity contribution in [3.63, 3.8) is 0 Å². The molecule has 8 heteroatoms. The Morgan fingerprint density at radius 1 is 1.36 bits per heavy atom. The summed E-state index contributed by atoms with van der Waals surface area (Å²) in [6.45, 7) is 0. The Morgan fingerprint density at radius 2 is 2.00 bits per heavy atom. The largest absolute Gasteiger partial charge is 0.479 e. The Kier molecular flexibility index (Phi) is 2.65. The van der Waals surface area contributed by atoms with E-state index in [1.807, 2.05) is 0 Å². The normalized spacial score (nSPS) is 9.57. The second-order valence-corrected chi connectivity index (χ2v) is 2.21. The van der Waals surface area contributed by atoms with E-state index in [4.69, 9.17) is 10.5 Å². The third kappa shape index (κ3) is 1.63. The van der Waals surface area contributed by atoms with Crippen LogP contribution in [0.5, 0.6) is 11.9 Å². The molecular weight excluding hydrogens is 192 g/mol. The van der Waals surface area contributed by atoms with Crippen LogP contribution in [0.3, 0.4) is 0 Å². The summed E-state index contributed by atoms with van der Waals surface area (Å²) in [5, 5.41) is 10.5. The molecule has 0 aromatic carbocycles. The third-order valence-corrected chi connectivity index (χ3v) is 1.42. The molecule has 0 aliphatic heterocycles. The lowest BCUT2D eigenvalue weighted by Gasteiger charge is -2.03. The van der Waals surface area contributed by atoms with Crippen LogP contribution >= 0.6 is 0 Å². The van der Waals surface area contributed by atoms with Crippen LogP contribution in [-0.4, -0.2) is 29.1 Å². The van der Waals surface area contributed by atoms with E-state index in [0.29, 0.717) is 0 Å². The molecular formula is C6H8N4O4. The molecule has 0 atom stereocenters. The number of aromatic nitrogens is 2. The van der Waals surface area contributed by atoms with Crippen molar-refractivity contribution >= 4 is 11.5 Å². The summed E-state index contributed by atoms with van der Waals surface area (Å²) in [7, 11) is 2.58. The molecule has 76 valence electrons. The van der Waals surface area contributed by atoms with Crippen LogP contribution in [0.25, 0.3) is 0 Å². The summed E-state index contributed by atoms with van der Waals surface area (Å²) in [5.74, 6) is -0.614.